The molecule has 0 aliphatic heterocycles. The third kappa shape index (κ3) is 3.79. The van der Waals surface area contributed by atoms with Crippen LogP contribution in [-0.2, 0) is 6.54 Å². The van der Waals surface area contributed by atoms with Gasteiger partial charge in [-0.2, -0.15) is 0 Å². The summed E-state index contributed by atoms with van der Waals surface area (Å²) in [4.78, 5) is 4.36. The summed E-state index contributed by atoms with van der Waals surface area (Å²) >= 11 is 6.10. The highest BCUT2D eigenvalue weighted by Gasteiger charge is 2.06. The highest BCUT2D eigenvalue weighted by Crippen LogP contribution is 2.26. The number of aromatic nitrogens is 1. The number of nitrogens with one attached hydrogen (secondary N) is 1. The monoisotopic (exact) mass is 274 g/mol. The zero-order chi connectivity index (χ0) is 13.7. The van der Waals surface area contributed by atoms with E-state index in [4.69, 9.17) is 11.6 Å². The summed E-state index contributed by atoms with van der Waals surface area (Å²) < 4.78 is 0. The van der Waals surface area contributed by atoms with Crippen molar-refractivity contribution in [1.29, 1.82) is 0 Å². The van der Waals surface area contributed by atoms with E-state index in [0.717, 1.165) is 35.8 Å². The van der Waals surface area contributed by atoms with Crippen LogP contribution in [0.1, 0.15) is 24.6 Å². The number of rotatable bonds is 5. The molecule has 0 amide bonds. The Morgan fingerprint density at radius 2 is 2.05 bits per heavy atom. The second-order valence-corrected chi connectivity index (χ2v) is 5.10. The van der Waals surface area contributed by atoms with Crippen molar-refractivity contribution in [1.82, 2.24) is 10.3 Å². The largest absolute Gasteiger partial charge is 0.313 e. The predicted molar refractivity (Wildman–Crippen MR) is 81.4 cm³/mol. The molecule has 1 aromatic heterocycles. The van der Waals surface area contributed by atoms with E-state index in [1.807, 2.05) is 31.3 Å². The smallest absolute Gasteiger partial charge is 0.0409 e. The first kappa shape index (κ1) is 14.0. The fourth-order valence-electron chi connectivity index (χ4n) is 2.02. The van der Waals surface area contributed by atoms with Crippen LogP contribution in [0.25, 0.3) is 11.1 Å². The molecule has 1 aromatic carbocycles. The summed E-state index contributed by atoms with van der Waals surface area (Å²) in [6.45, 7) is 6.00. The predicted octanol–water partition coefficient (Wildman–Crippen LogP) is 4.21. The molecule has 1 N–H and O–H groups in total. The fourth-order valence-corrected chi connectivity index (χ4v) is 2.21. The van der Waals surface area contributed by atoms with E-state index < -0.39 is 0 Å². The molecular formula is C16H19ClN2. The number of pyridine rings is 1. The van der Waals surface area contributed by atoms with Gasteiger partial charge < -0.3 is 5.32 Å². The summed E-state index contributed by atoms with van der Waals surface area (Å²) in [5.74, 6) is 0. The Morgan fingerprint density at radius 1 is 1.21 bits per heavy atom. The van der Waals surface area contributed by atoms with Crippen LogP contribution in [0, 0.1) is 6.92 Å². The van der Waals surface area contributed by atoms with Gasteiger partial charge in [-0.15, -0.1) is 0 Å². The Hall–Kier alpha value is -1.38. The summed E-state index contributed by atoms with van der Waals surface area (Å²) in [5.41, 5.74) is 4.58. The molecular weight excluding hydrogens is 256 g/mol. The van der Waals surface area contributed by atoms with Crippen molar-refractivity contribution in [3.8, 4) is 11.1 Å². The Kier molecular flexibility index (Phi) is 4.94. The van der Waals surface area contributed by atoms with Gasteiger partial charge in [0.25, 0.3) is 0 Å². The van der Waals surface area contributed by atoms with E-state index in [9.17, 15) is 0 Å². The SMILES string of the molecule is CCCNCc1cc(Cl)ccc1-c1ccc(C)nc1. The van der Waals surface area contributed by atoms with Gasteiger partial charge in [0, 0.05) is 29.0 Å². The maximum absolute atomic E-state index is 6.10. The Balaban J connectivity index is 2.30. The van der Waals surface area contributed by atoms with Crippen LogP contribution in [0.2, 0.25) is 5.02 Å². The molecule has 0 atom stereocenters. The minimum Gasteiger partial charge on any atom is -0.313 e. The number of aryl methyl sites for hydroxylation is 1. The van der Waals surface area contributed by atoms with Crippen LogP contribution >= 0.6 is 11.6 Å². The third-order valence-electron chi connectivity index (χ3n) is 3.03. The van der Waals surface area contributed by atoms with Crippen LogP contribution in [0.4, 0.5) is 0 Å². The highest BCUT2D eigenvalue weighted by molar-refractivity contribution is 6.30. The number of nitrogens with zero attached hydrogens (tertiary/aromatic N) is 1. The van der Waals surface area contributed by atoms with E-state index in [2.05, 4.69) is 29.4 Å². The van der Waals surface area contributed by atoms with Crippen molar-refractivity contribution in [2.75, 3.05) is 6.54 Å². The van der Waals surface area contributed by atoms with E-state index in [1.165, 1.54) is 11.1 Å². The quantitative estimate of drug-likeness (QED) is 0.826. The van der Waals surface area contributed by atoms with Crippen LogP contribution in [0.15, 0.2) is 36.5 Å². The average Bonchev–Trinajstić information content (AvgIpc) is 2.41. The molecule has 0 aliphatic rings. The molecule has 0 unspecified atom stereocenters. The fraction of sp³-hybridized carbons (Fsp3) is 0.312. The average molecular weight is 275 g/mol. The Labute approximate surface area is 119 Å². The first-order valence-corrected chi connectivity index (χ1v) is 7.00. The minimum absolute atomic E-state index is 0.775. The molecule has 3 heteroatoms. The maximum Gasteiger partial charge on any atom is 0.0409 e. The molecule has 0 spiro atoms. The summed E-state index contributed by atoms with van der Waals surface area (Å²) in [6, 6.07) is 10.2. The molecule has 0 saturated carbocycles. The summed E-state index contributed by atoms with van der Waals surface area (Å²) in [6.07, 6.45) is 3.05. The standard InChI is InChI=1S/C16H19ClN2/c1-3-8-18-10-14-9-15(17)6-7-16(14)13-5-4-12(2)19-11-13/h4-7,9,11,18H,3,8,10H2,1-2H3. The van der Waals surface area contributed by atoms with Gasteiger partial charge in [0.05, 0.1) is 0 Å². The molecule has 2 rings (SSSR count). The van der Waals surface area contributed by atoms with Gasteiger partial charge in [0.15, 0.2) is 0 Å². The minimum atomic E-state index is 0.775. The maximum atomic E-state index is 6.10. The van der Waals surface area contributed by atoms with E-state index in [0.29, 0.717) is 0 Å². The molecule has 0 bridgehead atoms. The normalized spacial score (nSPS) is 10.7. The third-order valence-corrected chi connectivity index (χ3v) is 3.27. The first-order valence-electron chi connectivity index (χ1n) is 6.63. The van der Waals surface area contributed by atoms with Crippen molar-refractivity contribution in [2.24, 2.45) is 0 Å². The van der Waals surface area contributed by atoms with Gasteiger partial charge in [0.2, 0.25) is 0 Å². The van der Waals surface area contributed by atoms with Crippen LogP contribution < -0.4 is 5.32 Å². The Bertz CT molecular complexity index is 535. The number of hydrogen-bond donors (Lipinski definition) is 1. The second-order valence-electron chi connectivity index (χ2n) is 4.67. The molecule has 0 saturated heterocycles. The number of halogens is 1. The van der Waals surface area contributed by atoms with Gasteiger partial charge in [-0.25, -0.2) is 0 Å². The second kappa shape index (κ2) is 6.69. The van der Waals surface area contributed by atoms with Crippen molar-refractivity contribution in [3.05, 3.63) is 52.8 Å². The molecule has 100 valence electrons. The highest BCUT2D eigenvalue weighted by atomic mass is 35.5. The lowest BCUT2D eigenvalue weighted by Crippen LogP contribution is -2.14. The van der Waals surface area contributed by atoms with Crippen molar-refractivity contribution < 1.29 is 0 Å². The lowest BCUT2D eigenvalue weighted by molar-refractivity contribution is 0.676. The van der Waals surface area contributed by atoms with Crippen molar-refractivity contribution in [3.63, 3.8) is 0 Å². The Morgan fingerprint density at radius 3 is 2.74 bits per heavy atom. The molecule has 0 aliphatic carbocycles. The van der Waals surface area contributed by atoms with E-state index in [1.54, 1.807) is 0 Å². The van der Waals surface area contributed by atoms with Gasteiger partial charge in [-0.1, -0.05) is 30.7 Å². The van der Waals surface area contributed by atoms with Gasteiger partial charge in [-0.05, 0) is 49.2 Å². The number of hydrogen-bond acceptors (Lipinski definition) is 2. The molecule has 2 nitrogen and oxygen atoms in total. The summed E-state index contributed by atoms with van der Waals surface area (Å²) in [5, 5.41) is 4.20. The first-order chi connectivity index (χ1) is 9.20. The lowest BCUT2D eigenvalue weighted by Gasteiger charge is -2.11. The summed E-state index contributed by atoms with van der Waals surface area (Å²) in [7, 11) is 0. The topological polar surface area (TPSA) is 24.9 Å². The lowest BCUT2D eigenvalue weighted by atomic mass is 10.0. The van der Waals surface area contributed by atoms with E-state index in [-0.39, 0.29) is 0 Å². The zero-order valence-electron chi connectivity index (χ0n) is 11.4. The molecule has 2 aromatic rings. The zero-order valence-corrected chi connectivity index (χ0v) is 12.2. The molecule has 0 fully saturated rings. The number of benzene rings is 1. The van der Waals surface area contributed by atoms with Gasteiger partial charge in [-0.3, -0.25) is 4.98 Å². The van der Waals surface area contributed by atoms with Gasteiger partial charge >= 0.3 is 0 Å². The molecule has 19 heavy (non-hydrogen) atoms. The van der Waals surface area contributed by atoms with Crippen LogP contribution in [0.3, 0.4) is 0 Å². The molecule has 0 radical (unpaired) electrons. The van der Waals surface area contributed by atoms with E-state index >= 15 is 0 Å². The van der Waals surface area contributed by atoms with Crippen molar-refractivity contribution in [2.45, 2.75) is 26.8 Å². The van der Waals surface area contributed by atoms with Crippen LogP contribution in [0.5, 0.6) is 0 Å². The molecule has 1 heterocycles. The van der Waals surface area contributed by atoms with Gasteiger partial charge in [0.1, 0.15) is 0 Å². The van der Waals surface area contributed by atoms with Crippen LogP contribution in [-0.4, -0.2) is 11.5 Å². The van der Waals surface area contributed by atoms with Crippen molar-refractivity contribution >= 4 is 11.6 Å².